The van der Waals surface area contributed by atoms with Crippen LogP contribution in [0.1, 0.15) is 63.9 Å². The highest BCUT2D eigenvalue weighted by Gasteiger charge is 2.18. The Kier molecular flexibility index (Phi) is 7.52. The highest BCUT2D eigenvalue weighted by Crippen LogP contribution is 2.32. The van der Waals surface area contributed by atoms with Gasteiger partial charge in [-0.2, -0.15) is 0 Å². The molecule has 0 aliphatic heterocycles. The first kappa shape index (κ1) is 17.4. The van der Waals surface area contributed by atoms with E-state index in [0.717, 1.165) is 26.1 Å². The molecule has 1 N–H and O–H groups in total. The fraction of sp³-hybridized carbons (Fsp3) is 0.812. The van der Waals surface area contributed by atoms with Gasteiger partial charge in [0.2, 0.25) is 0 Å². The predicted octanol–water partition coefficient (Wildman–Crippen LogP) is 4.25. The van der Waals surface area contributed by atoms with Crippen LogP contribution in [-0.4, -0.2) is 25.1 Å². The van der Waals surface area contributed by atoms with Crippen LogP contribution in [0.15, 0.2) is 0 Å². The van der Waals surface area contributed by atoms with Crippen LogP contribution in [0, 0.1) is 5.92 Å². The number of hydrogen-bond donors (Lipinski definition) is 1. The molecule has 0 aliphatic carbocycles. The molecule has 116 valence electrons. The van der Waals surface area contributed by atoms with E-state index in [1.807, 2.05) is 11.3 Å². The number of aromatic nitrogens is 1. The molecule has 0 radical (unpaired) electrons. The Morgan fingerprint density at radius 1 is 1.20 bits per heavy atom. The van der Waals surface area contributed by atoms with Gasteiger partial charge in [-0.05, 0) is 24.8 Å². The van der Waals surface area contributed by atoms with E-state index in [1.165, 1.54) is 22.1 Å². The quantitative estimate of drug-likeness (QED) is 0.738. The number of nitrogens with zero attached hydrogens (tertiary/aromatic N) is 2. The second-order valence-corrected chi connectivity index (χ2v) is 6.85. The fourth-order valence-electron chi connectivity index (χ4n) is 2.13. The van der Waals surface area contributed by atoms with Crippen LogP contribution < -0.4 is 10.2 Å². The normalized spacial score (nSPS) is 14.3. The summed E-state index contributed by atoms with van der Waals surface area (Å²) < 4.78 is 0. The van der Waals surface area contributed by atoms with Crippen molar-refractivity contribution in [2.45, 2.75) is 59.9 Å². The van der Waals surface area contributed by atoms with Crippen molar-refractivity contribution in [3.63, 3.8) is 0 Å². The lowest BCUT2D eigenvalue weighted by atomic mass is 10.0. The molecule has 2 unspecified atom stereocenters. The Morgan fingerprint density at radius 2 is 1.90 bits per heavy atom. The summed E-state index contributed by atoms with van der Waals surface area (Å²) in [5, 5.41) is 4.61. The van der Waals surface area contributed by atoms with Gasteiger partial charge < -0.3 is 10.2 Å². The van der Waals surface area contributed by atoms with Gasteiger partial charge in [0.1, 0.15) is 0 Å². The molecule has 3 nitrogen and oxygen atoms in total. The molecular formula is C16H31N3S. The largest absolute Gasteiger partial charge is 0.351 e. The summed E-state index contributed by atoms with van der Waals surface area (Å²) in [5.74, 6) is 1.26. The summed E-state index contributed by atoms with van der Waals surface area (Å²) in [6.07, 6.45) is 2.37. The lowest BCUT2D eigenvalue weighted by Gasteiger charge is -2.19. The van der Waals surface area contributed by atoms with Gasteiger partial charge in [0, 0.05) is 25.0 Å². The smallest absolute Gasteiger partial charge is 0.185 e. The summed E-state index contributed by atoms with van der Waals surface area (Å²) in [5.41, 5.74) is 1.30. The average molecular weight is 298 g/mol. The number of thiazole rings is 1. The minimum atomic E-state index is 0.547. The van der Waals surface area contributed by atoms with Gasteiger partial charge in [-0.1, -0.05) is 41.0 Å². The van der Waals surface area contributed by atoms with Crippen molar-refractivity contribution in [2.75, 3.05) is 25.0 Å². The topological polar surface area (TPSA) is 28.2 Å². The van der Waals surface area contributed by atoms with Crippen molar-refractivity contribution in [1.29, 1.82) is 0 Å². The molecule has 0 aliphatic rings. The number of nitrogens with one attached hydrogen (secondary N) is 1. The van der Waals surface area contributed by atoms with E-state index in [-0.39, 0.29) is 0 Å². The summed E-state index contributed by atoms with van der Waals surface area (Å²) in [7, 11) is 2.17. The molecule has 1 heterocycles. The van der Waals surface area contributed by atoms with Gasteiger partial charge in [-0.25, -0.2) is 4.98 Å². The molecule has 1 rings (SSSR count). The zero-order valence-electron chi connectivity index (χ0n) is 14.0. The number of rotatable bonds is 9. The van der Waals surface area contributed by atoms with Gasteiger partial charge in [0.05, 0.1) is 5.69 Å². The summed E-state index contributed by atoms with van der Waals surface area (Å²) in [6.45, 7) is 14.3. The lowest BCUT2D eigenvalue weighted by molar-refractivity contribution is 0.559. The number of anilines is 1. The summed E-state index contributed by atoms with van der Waals surface area (Å²) in [6, 6.07) is 0. The molecule has 0 fully saturated rings. The Hall–Kier alpha value is -0.610. The first-order valence-corrected chi connectivity index (χ1v) is 8.76. The molecular weight excluding hydrogens is 266 g/mol. The van der Waals surface area contributed by atoms with Crippen LogP contribution in [0.4, 0.5) is 5.13 Å². The van der Waals surface area contributed by atoms with Crippen molar-refractivity contribution in [3.05, 3.63) is 10.6 Å². The Morgan fingerprint density at radius 3 is 2.45 bits per heavy atom. The van der Waals surface area contributed by atoms with Gasteiger partial charge in [-0.15, -0.1) is 11.3 Å². The maximum atomic E-state index is 4.93. The van der Waals surface area contributed by atoms with Crippen LogP contribution in [0.2, 0.25) is 0 Å². The molecule has 2 atom stereocenters. The minimum absolute atomic E-state index is 0.547. The van der Waals surface area contributed by atoms with E-state index in [0.29, 0.717) is 11.8 Å². The van der Waals surface area contributed by atoms with Gasteiger partial charge in [0.25, 0.3) is 0 Å². The molecule has 20 heavy (non-hydrogen) atoms. The molecule has 4 heteroatoms. The van der Waals surface area contributed by atoms with E-state index in [2.05, 4.69) is 51.9 Å². The molecule has 0 saturated carbocycles. The zero-order valence-corrected chi connectivity index (χ0v) is 14.8. The standard InChI is InChI=1S/C16H31N3S/c1-7-12(4)11-19(6)16-18-15(13(5)8-2)14(20-16)10-17-9-3/h12-13,17H,7-11H2,1-6H3. The second kappa shape index (κ2) is 8.63. The van der Waals surface area contributed by atoms with Crippen LogP contribution in [0.3, 0.4) is 0 Å². The first-order chi connectivity index (χ1) is 9.53. The Bertz CT molecular complexity index is 389. The van der Waals surface area contributed by atoms with E-state index in [4.69, 9.17) is 4.98 Å². The summed E-state index contributed by atoms with van der Waals surface area (Å²) >= 11 is 1.86. The van der Waals surface area contributed by atoms with Crippen LogP contribution >= 0.6 is 11.3 Å². The third-order valence-electron chi connectivity index (χ3n) is 3.94. The second-order valence-electron chi connectivity index (χ2n) is 5.79. The molecule has 0 amide bonds. The summed E-state index contributed by atoms with van der Waals surface area (Å²) in [4.78, 5) is 8.65. The van der Waals surface area contributed by atoms with Crippen molar-refractivity contribution < 1.29 is 0 Å². The van der Waals surface area contributed by atoms with Gasteiger partial charge in [-0.3, -0.25) is 0 Å². The van der Waals surface area contributed by atoms with Crippen molar-refractivity contribution in [3.8, 4) is 0 Å². The van der Waals surface area contributed by atoms with Gasteiger partial charge >= 0.3 is 0 Å². The van der Waals surface area contributed by atoms with E-state index in [9.17, 15) is 0 Å². The SMILES string of the molecule is CCNCc1sc(N(C)CC(C)CC)nc1C(C)CC. The van der Waals surface area contributed by atoms with Crippen molar-refractivity contribution >= 4 is 16.5 Å². The molecule has 1 aromatic rings. The molecule has 0 aromatic carbocycles. The molecule has 0 bridgehead atoms. The molecule has 0 spiro atoms. The molecule has 0 saturated heterocycles. The minimum Gasteiger partial charge on any atom is -0.351 e. The highest BCUT2D eigenvalue weighted by molar-refractivity contribution is 7.15. The monoisotopic (exact) mass is 297 g/mol. The first-order valence-electron chi connectivity index (χ1n) is 7.94. The van der Waals surface area contributed by atoms with E-state index in [1.54, 1.807) is 0 Å². The maximum absolute atomic E-state index is 4.93. The average Bonchev–Trinajstić information content (AvgIpc) is 2.88. The zero-order chi connectivity index (χ0) is 15.1. The molecule has 1 aromatic heterocycles. The fourth-order valence-corrected chi connectivity index (χ4v) is 3.25. The van der Waals surface area contributed by atoms with Crippen molar-refractivity contribution in [1.82, 2.24) is 10.3 Å². The Labute approximate surface area is 128 Å². The van der Waals surface area contributed by atoms with Crippen LogP contribution in [0.5, 0.6) is 0 Å². The maximum Gasteiger partial charge on any atom is 0.185 e. The third kappa shape index (κ3) is 4.74. The van der Waals surface area contributed by atoms with E-state index < -0.39 is 0 Å². The lowest BCUT2D eigenvalue weighted by Crippen LogP contribution is -2.23. The van der Waals surface area contributed by atoms with Gasteiger partial charge in [0.15, 0.2) is 5.13 Å². The van der Waals surface area contributed by atoms with Crippen molar-refractivity contribution in [2.24, 2.45) is 5.92 Å². The van der Waals surface area contributed by atoms with Crippen LogP contribution in [-0.2, 0) is 6.54 Å². The third-order valence-corrected chi connectivity index (χ3v) is 5.13. The highest BCUT2D eigenvalue weighted by atomic mass is 32.1. The predicted molar refractivity (Wildman–Crippen MR) is 90.9 cm³/mol. The van der Waals surface area contributed by atoms with E-state index >= 15 is 0 Å². The number of hydrogen-bond acceptors (Lipinski definition) is 4. The Balaban J connectivity index is 2.89. The van der Waals surface area contributed by atoms with Crippen LogP contribution in [0.25, 0.3) is 0 Å².